The Morgan fingerprint density at radius 2 is 1.75 bits per heavy atom. The van der Waals surface area contributed by atoms with Crippen molar-refractivity contribution in [3.8, 4) is 5.75 Å². The number of hydrogen-bond donors (Lipinski definition) is 0. The molecule has 20 heavy (non-hydrogen) atoms. The Hall–Kier alpha value is -1.45. The summed E-state index contributed by atoms with van der Waals surface area (Å²) < 4.78 is 38.1. The standard InChI is InChI=1S/C13H9IO5S/c14-11-8-10(20(16,17)18)6-7-12(11)19-13(15)9-4-2-1-3-5-9/h1-8H,(H,16,17,18)/p-1. The van der Waals surface area contributed by atoms with Crippen LogP contribution in [0, 0.1) is 3.57 Å². The van der Waals surface area contributed by atoms with Gasteiger partial charge in [0, 0.05) is 0 Å². The van der Waals surface area contributed by atoms with Gasteiger partial charge in [0.1, 0.15) is 15.9 Å². The van der Waals surface area contributed by atoms with Gasteiger partial charge in [0.25, 0.3) is 0 Å². The van der Waals surface area contributed by atoms with E-state index < -0.39 is 16.1 Å². The average molecular weight is 403 g/mol. The van der Waals surface area contributed by atoms with Crippen LogP contribution in [0.5, 0.6) is 5.75 Å². The summed E-state index contributed by atoms with van der Waals surface area (Å²) in [6, 6.07) is 11.9. The fraction of sp³-hybridized carbons (Fsp3) is 0. The van der Waals surface area contributed by atoms with Gasteiger partial charge >= 0.3 is 5.97 Å². The summed E-state index contributed by atoms with van der Waals surface area (Å²) in [5.74, 6) is -0.354. The largest absolute Gasteiger partial charge is 0.744 e. The van der Waals surface area contributed by atoms with E-state index >= 15 is 0 Å². The van der Waals surface area contributed by atoms with Crippen LogP contribution in [-0.4, -0.2) is 18.9 Å². The second-order valence-corrected chi connectivity index (χ2v) is 6.34. The van der Waals surface area contributed by atoms with Crippen LogP contribution in [0.25, 0.3) is 0 Å². The number of carbonyl (C=O) groups excluding carboxylic acids is 1. The molecule has 0 heterocycles. The molecule has 0 saturated heterocycles. The van der Waals surface area contributed by atoms with Crippen LogP contribution in [-0.2, 0) is 10.1 Å². The van der Waals surface area contributed by atoms with Crippen molar-refractivity contribution in [2.75, 3.05) is 0 Å². The molecule has 0 bridgehead atoms. The van der Waals surface area contributed by atoms with E-state index in [1.54, 1.807) is 52.9 Å². The first-order valence-electron chi connectivity index (χ1n) is 5.40. The third-order valence-electron chi connectivity index (χ3n) is 2.40. The summed E-state index contributed by atoms with van der Waals surface area (Å²) in [7, 11) is -4.52. The van der Waals surface area contributed by atoms with Gasteiger partial charge in [-0.2, -0.15) is 0 Å². The molecule has 7 heteroatoms. The van der Waals surface area contributed by atoms with E-state index in [4.69, 9.17) is 4.74 Å². The van der Waals surface area contributed by atoms with Crippen molar-refractivity contribution >= 4 is 38.7 Å². The zero-order chi connectivity index (χ0) is 14.8. The second kappa shape index (κ2) is 5.90. The fourth-order valence-corrected chi connectivity index (χ4v) is 2.79. The maximum atomic E-state index is 11.8. The lowest BCUT2D eigenvalue weighted by Crippen LogP contribution is -2.09. The van der Waals surface area contributed by atoms with Crippen molar-refractivity contribution in [1.29, 1.82) is 0 Å². The molecular formula is C13H8IO5S-. The van der Waals surface area contributed by atoms with Crippen molar-refractivity contribution in [2.24, 2.45) is 0 Å². The zero-order valence-corrected chi connectivity index (χ0v) is 12.9. The number of esters is 1. The Labute approximate surface area is 129 Å². The molecule has 0 N–H and O–H groups in total. The van der Waals surface area contributed by atoms with Gasteiger partial charge in [0.15, 0.2) is 0 Å². The minimum atomic E-state index is -4.52. The van der Waals surface area contributed by atoms with Gasteiger partial charge in [-0.3, -0.25) is 0 Å². The van der Waals surface area contributed by atoms with Crippen molar-refractivity contribution < 1.29 is 22.5 Å². The minimum Gasteiger partial charge on any atom is -0.744 e. The van der Waals surface area contributed by atoms with Crippen LogP contribution in [0.3, 0.4) is 0 Å². The first-order valence-corrected chi connectivity index (χ1v) is 7.89. The van der Waals surface area contributed by atoms with Crippen LogP contribution < -0.4 is 4.74 Å². The molecule has 0 spiro atoms. The molecule has 0 aromatic heterocycles. The quantitative estimate of drug-likeness (QED) is 0.340. The minimum absolute atomic E-state index is 0.201. The van der Waals surface area contributed by atoms with Crippen molar-refractivity contribution in [1.82, 2.24) is 0 Å². The van der Waals surface area contributed by atoms with Crippen LogP contribution in [0.2, 0.25) is 0 Å². The number of carbonyl (C=O) groups is 1. The van der Waals surface area contributed by atoms with E-state index in [1.807, 2.05) is 0 Å². The number of benzene rings is 2. The Bertz CT molecular complexity index is 741. The monoisotopic (exact) mass is 403 g/mol. The predicted molar refractivity (Wildman–Crippen MR) is 78.5 cm³/mol. The third-order valence-corrected chi connectivity index (χ3v) is 4.08. The number of halogens is 1. The van der Waals surface area contributed by atoms with Crippen molar-refractivity contribution in [2.45, 2.75) is 4.90 Å². The number of rotatable bonds is 3. The Morgan fingerprint density at radius 3 is 2.30 bits per heavy atom. The molecule has 0 unspecified atom stereocenters. The molecular weight excluding hydrogens is 395 g/mol. The fourth-order valence-electron chi connectivity index (χ4n) is 1.45. The van der Waals surface area contributed by atoms with E-state index in [1.165, 1.54) is 6.07 Å². The van der Waals surface area contributed by atoms with E-state index in [2.05, 4.69) is 0 Å². The maximum Gasteiger partial charge on any atom is 0.343 e. The summed E-state index contributed by atoms with van der Waals surface area (Å²) in [6.07, 6.45) is 0. The zero-order valence-electron chi connectivity index (χ0n) is 9.95. The number of ether oxygens (including phenoxy) is 1. The Balaban J connectivity index is 2.25. The van der Waals surface area contributed by atoms with Crippen LogP contribution in [0.1, 0.15) is 10.4 Å². The maximum absolute atomic E-state index is 11.8. The normalized spacial score (nSPS) is 11.1. The highest BCUT2D eigenvalue weighted by Crippen LogP contribution is 2.25. The smallest absolute Gasteiger partial charge is 0.343 e. The first kappa shape index (κ1) is 14.9. The van der Waals surface area contributed by atoms with E-state index in [-0.39, 0.29) is 10.6 Å². The molecule has 2 aromatic rings. The molecule has 0 atom stereocenters. The first-order chi connectivity index (χ1) is 9.38. The topological polar surface area (TPSA) is 83.5 Å². The molecule has 2 aromatic carbocycles. The van der Waals surface area contributed by atoms with Crippen molar-refractivity contribution in [3.63, 3.8) is 0 Å². The number of hydrogen-bond acceptors (Lipinski definition) is 5. The molecule has 104 valence electrons. The van der Waals surface area contributed by atoms with Gasteiger partial charge < -0.3 is 9.29 Å². The van der Waals surface area contributed by atoms with Gasteiger partial charge in [0.2, 0.25) is 0 Å². The van der Waals surface area contributed by atoms with Gasteiger partial charge in [-0.05, 0) is 52.9 Å². The van der Waals surface area contributed by atoms with Crippen LogP contribution in [0.15, 0.2) is 53.4 Å². The predicted octanol–water partition coefficient (Wildman–Crippen LogP) is 2.41. The Morgan fingerprint density at radius 1 is 1.10 bits per heavy atom. The molecule has 2 rings (SSSR count). The lowest BCUT2D eigenvalue weighted by molar-refractivity contribution is 0.0733. The van der Waals surface area contributed by atoms with Gasteiger partial charge in [-0.15, -0.1) is 0 Å². The summed E-state index contributed by atoms with van der Waals surface area (Å²) in [5.41, 5.74) is 0.379. The summed E-state index contributed by atoms with van der Waals surface area (Å²) in [4.78, 5) is 11.5. The lowest BCUT2D eigenvalue weighted by Gasteiger charge is -2.10. The Kier molecular flexibility index (Phi) is 4.41. The second-order valence-electron chi connectivity index (χ2n) is 3.80. The molecule has 0 aliphatic carbocycles. The molecule has 0 aliphatic rings. The van der Waals surface area contributed by atoms with E-state index in [0.29, 0.717) is 9.13 Å². The van der Waals surface area contributed by atoms with Crippen LogP contribution in [0.4, 0.5) is 0 Å². The molecule has 0 fully saturated rings. The summed E-state index contributed by atoms with van der Waals surface area (Å²) in [6.45, 7) is 0. The van der Waals surface area contributed by atoms with Crippen molar-refractivity contribution in [3.05, 3.63) is 57.7 Å². The summed E-state index contributed by atoms with van der Waals surface area (Å²) in [5, 5.41) is 0. The molecule has 0 saturated carbocycles. The molecule has 0 aliphatic heterocycles. The van der Waals surface area contributed by atoms with E-state index in [9.17, 15) is 17.8 Å². The highest BCUT2D eigenvalue weighted by Gasteiger charge is 2.12. The molecule has 5 nitrogen and oxygen atoms in total. The third kappa shape index (κ3) is 3.56. The van der Waals surface area contributed by atoms with Gasteiger partial charge in [-0.25, -0.2) is 13.2 Å². The van der Waals surface area contributed by atoms with Gasteiger partial charge in [0.05, 0.1) is 14.0 Å². The molecule has 0 amide bonds. The lowest BCUT2D eigenvalue weighted by atomic mass is 10.2. The van der Waals surface area contributed by atoms with Crippen LogP contribution >= 0.6 is 22.6 Å². The highest BCUT2D eigenvalue weighted by molar-refractivity contribution is 14.1. The SMILES string of the molecule is O=C(Oc1ccc(S(=O)(=O)[O-])cc1I)c1ccccc1. The highest BCUT2D eigenvalue weighted by atomic mass is 127. The average Bonchev–Trinajstić information content (AvgIpc) is 2.41. The summed E-state index contributed by atoms with van der Waals surface area (Å²) >= 11 is 1.80. The molecule has 0 radical (unpaired) electrons. The van der Waals surface area contributed by atoms with E-state index in [0.717, 1.165) is 12.1 Å². The van der Waals surface area contributed by atoms with Gasteiger partial charge in [-0.1, -0.05) is 18.2 Å².